The van der Waals surface area contributed by atoms with E-state index in [1.165, 1.54) is 6.26 Å². The van der Waals surface area contributed by atoms with Gasteiger partial charge in [-0.2, -0.15) is 0 Å². The molecule has 2 unspecified atom stereocenters. The maximum atomic E-state index is 11.5. The first kappa shape index (κ1) is 13.3. The van der Waals surface area contributed by atoms with Crippen LogP contribution in [0, 0.1) is 5.92 Å². The molecule has 2 saturated carbocycles. The van der Waals surface area contributed by atoms with Gasteiger partial charge in [0, 0.05) is 6.26 Å². The summed E-state index contributed by atoms with van der Waals surface area (Å²) in [4.78, 5) is 0. The van der Waals surface area contributed by atoms with Crippen molar-refractivity contribution in [2.24, 2.45) is 11.7 Å². The Labute approximate surface area is 104 Å². The van der Waals surface area contributed by atoms with Crippen molar-refractivity contribution in [2.75, 3.05) is 12.8 Å². The van der Waals surface area contributed by atoms with Crippen LogP contribution in [0.3, 0.4) is 0 Å². The van der Waals surface area contributed by atoms with Crippen LogP contribution in [0.15, 0.2) is 0 Å². The summed E-state index contributed by atoms with van der Waals surface area (Å²) in [6, 6.07) is 0. The Balaban J connectivity index is 1.79. The Bertz CT molecular complexity index is 349. The molecule has 2 atom stereocenters. The zero-order chi connectivity index (χ0) is 12.5. The van der Waals surface area contributed by atoms with Gasteiger partial charge in [-0.25, -0.2) is 8.42 Å². The summed E-state index contributed by atoms with van der Waals surface area (Å²) in [6.45, 7) is 0.747. The number of nitrogens with two attached hydrogens (primary N) is 1. The van der Waals surface area contributed by atoms with Gasteiger partial charge in [-0.15, -0.1) is 0 Å². The molecule has 2 fully saturated rings. The van der Waals surface area contributed by atoms with E-state index in [9.17, 15) is 8.42 Å². The van der Waals surface area contributed by atoms with Gasteiger partial charge in [0.25, 0.3) is 0 Å². The third-order valence-electron chi connectivity index (χ3n) is 4.09. The van der Waals surface area contributed by atoms with Crippen LogP contribution < -0.4 is 5.73 Å². The topological polar surface area (TPSA) is 69.4 Å². The molecule has 0 heterocycles. The normalized spacial score (nSPS) is 38.7. The summed E-state index contributed by atoms with van der Waals surface area (Å²) in [5.41, 5.74) is 5.57. The van der Waals surface area contributed by atoms with E-state index in [1.807, 2.05) is 0 Å². The summed E-state index contributed by atoms with van der Waals surface area (Å²) in [6.07, 6.45) is 7.38. The van der Waals surface area contributed by atoms with E-state index in [1.54, 1.807) is 0 Å². The number of sulfone groups is 1. The molecule has 0 aromatic rings. The largest absolute Gasteiger partial charge is 0.375 e. The van der Waals surface area contributed by atoms with Crippen LogP contribution in [-0.2, 0) is 14.6 Å². The number of rotatable bonds is 4. The van der Waals surface area contributed by atoms with Gasteiger partial charge in [0.15, 0.2) is 0 Å². The third-order valence-corrected chi connectivity index (χ3v) is 5.73. The molecule has 0 saturated heterocycles. The molecule has 0 radical (unpaired) electrons. The molecule has 2 rings (SSSR count). The van der Waals surface area contributed by atoms with E-state index in [0.29, 0.717) is 18.4 Å². The highest BCUT2D eigenvalue weighted by Gasteiger charge is 2.34. The molecule has 0 bridgehead atoms. The van der Waals surface area contributed by atoms with Crippen molar-refractivity contribution in [3.8, 4) is 0 Å². The Morgan fingerprint density at radius 1 is 1.18 bits per heavy atom. The highest BCUT2D eigenvalue weighted by molar-refractivity contribution is 7.91. The SMILES string of the molecule is CS(=O)(=O)C1CCCC(OC2CC(CN)C2)C1. The van der Waals surface area contributed by atoms with Gasteiger partial charge in [0.2, 0.25) is 0 Å². The Kier molecular flexibility index (Phi) is 4.10. The number of ether oxygens (including phenoxy) is 1. The molecule has 2 N–H and O–H groups in total. The molecule has 2 aliphatic carbocycles. The Hall–Kier alpha value is -0.130. The van der Waals surface area contributed by atoms with Crippen molar-refractivity contribution in [2.45, 2.75) is 56.0 Å². The highest BCUT2D eigenvalue weighted by Crippen LogP contribution is 2.34. The summed E-state index contributed by atoms with van der Waals surface area (Å²) < 4.78 is 29.0. The standard InChI is InChI=1S/C12H23NO3S/c1-17(14,15)12-4-2-3-10(7-12)16-11-5-9(6-11)8-13/h9-12H,2-8,13H2,1H3. The Morgan fingerprint density at radius 3 is 2.47 bits per heavy atom. The van der Waals surface area contributed by atoms with Crippen LogP contribution in [0.25, 0.3) is 0 Å². The van der Waals surface area contributed by atoms with Crippen molar-refractivity contribution in [3.05, 3.63) is 0 Å². The molecule has 4 nitrogen and oxygen atoms in total. The minimum atomic E-state index is -2.90. The highest BCUT2D eigenvalue weighted by atomic mass is 32.2. The van der Waals surface area contributed by atoms with Gasteiger partial charge in [-0.05, 0) is 51.0 Å². The molecule has 0 aliphatic heterocycles. The molecule has 0 amide bonds. The number of hydrogen-bond donors (Lipinski definition) is 1. The molecule has 5 heteroatoms. The van der Waals surface area contributed by atoms with Crippen molar-refractivity contribution < 1.29 is 13.2 Å². The fourth-order valence-corrected chi connectivity index (χ4v) is 4.02. The fraction of sp³-hybridized carbons (Fsp3) is 1.00. The first-order valence-electron chi connectivity index (χ1n) is 6.53. The van der Waals surface area contributed by atoms with Gasteiger partial charge >= 0.3 is 0 Å². The molecule has 0 aromatic carbocycles. The van der Waals surface area contributed by atoms with Gasteiger partial charge in [-0.3, -0.25) is 0 Å². The lowest BCUT2D eigenvalue weighted by atomic mass is 9.82. The van der Waals surface area contributed by atoms with E-state index in [2.05, 4.69) is 0 Å². The van der Waals surface area contributed by atoms with Crippen LogP contribution in [0.1, 0.15) is 38.5 Å². The van der Waals surface area contributed by atoms with Crippen molar-refractivity contribution in [1.82, 2.24) is 0 Å². The summed E-state index contributed by atoms with van der Waals surface area (Å²) in [5, 5.41) is -0.188. The maximum Gasteiger partial charge on any atom is 0.150 e. The van der Waals surface area contributed by atoms with Crippen LogP contribution in [0.2, 0.25) is 0 Å². The maximum absolute atomic E-state index is 11.5. The van der Waals surface area contributed by atoms with E-state index in [-0.39, 0.29) is 11.4 Å². The lowest BCUT2D eigenvalue weighted by Crippen LogP contribution is -2.40. The summed E-state index contributed by atoms with van der Waals surface area (Å²) in [5.74, 6) is 0.620. The van der Waals surface area contributed by atoms with Crippen molar-refractivity contribution >= 4 is 9.84 Å². The van der Waals surface area contributed by atoms with Crippen LogP contribution in [0.4, 0.5) is 0 Å². The smallest absolute Gasteiger partial charge is 0.150 e. The predicted octanol–water partition coefficient (Wildman–Crippen LogP) is 1.10. The van der Waals surface area contributed by atoms with Crippen LogP contribution in [0.5, 0.6) is 0 Å². The lowest BCUT2D eigenvalue weighted by Gasteiger charge is -2.39. The van der Waals surface area contributed by atoms with Gasteiger partial charge in [0.1, 0.15) is 9.84 Å². The zero-order valence-electron chi connectivity index (χ0n) is 10.5. The molecular formula is C12H23NO3S. The first-order chi connectivity index (χ1) is 7.99. The molecule has 100 valence electrons. The predicted molar refractivity (Wildman–Crippen MR) is 67.5 cm³/mol. The van der Waals surface area contributed by atoms with Gasteiger partial charge < -0.3 is 10.5 Å². The van der Waals surface area contributed by atoms with Crippen LogP contribution >= 0.6 is 0 Å². The van der Waals surface area contributed by atoms with E-state index in [4.69, 9.17) is 10.5 Å². The minimum absolute atomic E-state index is 0.146. The lowest BCUT2D eigenvalue weighted by molar-refractivity contribution is -0.0843. The quantitative estimate of drug-likeness (QED) is 0.822. The second-order valence-corrected chi connectivity index (χ2v) is 7.90. The van der Waals surface area contributed by atoms with E-state index >= 15 is 0 Å². The van der Waals surface area contributed by atoms with Gasteiger partial charge in [0.05, 0.1) is 17.5 Å². The molecule has 17 heavy (non-hydrogen) atoms. The third kappa shape index (κ3) is 3.42. The fourth-order valence-electron chi connectivity index (χ4n) is 2.86. The monoisotopic (exact) mass is 261 g/mol. The average Bonchev–Trinajstić information content (AvgIpc) is 2.22. The summed E-state index contributed by atoms with van der Waals surface area (Å²) in [7, 11) is -2.90. The second kappa shape index (κ2) is 5.24. The average molecular weight is 261 g/mol. The second-order valence-electron chi connectivity index (χ2n) is 5.57. The molecule has 2 aliphatic rings. The zero-order valence-corrected chi connectivity index (χ0v) is 11.3. The van der Waals surface area contributed by atoms with Crippen molar-refractivity contribution in [3.63, 3.8) is 0 Å². The first-order valence-corrected chi connectivity index (χ1v) is 8.49. The van der Waals surface area contributed by atoms with E-state index < -0.39 is 9.84 Å². The number of hydrogen-bond acceptors (Lipinski definition) is 4. The summed E-state index contributed by atoms with van der Waals surface area (Å²) >= 11 is 0. The minimum Gasteiger partial charge on any atom is -0.375 e. The van der Waals surface area contributed by atoms with Crippen LogP contribution in [-0.4, -0.2) is 38.7 Å². The molecule has 0 aromatic heterocycles. The van der Waals surface area contributed by atoms with Gasteiger partial charge in [-0.1, -0.05) is 0 Å². The molecule has 0 spiro atoms. The Morgan fingerprint density at radius 2 is 1.88 bits per heavy atom. The molecular weight excluding hydrogens is 238 g/mol. The van der Waals surface area contributed by atoms with Crippen molar-refractivity contribution in [1.29, 1.82) is 0 Å². The van der Waals surface area contributed by atoms with E-state index in [0.717, 1.165) is 38.6 Å².